The Morgan fingerprint density at radius 2 is 1.26 bits per heavy atom. The number of rotatable bonds is 18. The number of hydrogen-bond donors (Lipinski definition) is 1. The summed E-state index contributed by atoms with van der Waals surface area (Å²) in [6.45, 7) is 14.4. The standard InChI is InChI=1S/C32H51NO2/c1-6-8-10-12-14-22-34-30-21-18-28(31(24-30)35-23-15-13-11-9-7-2)26-33-25-27-16-19-29(20-17-27)32(3,4)5/h16-21,24,33H,6-15,22-23,25-26H2,1-5H3. The van der Waals surface area contributed by atoms with E-state index in [1.165, 1.54) is 68.1 Å². The summed E-state index contributed by atoms with van der Waals surface area (Å²) < 4.78 is 12.3. The van der Waals surface area contributed by atoms with Crippen LogP contribution in [-0.2, 0) is 18.5 Å². The number of nitrogens with one attached hydrogen (secondary N) is 1. The van der Waals surface area contributed by atoms with Crippen LogP contribution in [0.4, 0.5) is 0 Å². The summed E-state index contributed by atoms with van der Waals surface area (Å²) in [5, 5.41) is 3.61. The molecule has 2 aromatic carbocycles. The predicted octanol–water partition coefficient (Wildman–Crippen LogP) is 8.97. The van der Waals surface area contributed by atoms with E-state index in [2.05, 4.69) is 82.4 Å². The van der Waals surface area contributed by atoms with Gasteiger partial charge in [-0.3, -0.25) is 0 Å². The van der Waals surface area contributed by atoms with E-state index in [0.29, 0.717) is 0 Å². The van der Waals surface area contributed by atoms with Crippen LogP contribution in [0.3, 0.4) is 0 Å². The topological polar surface area (TPSA) is 30.5 Å². The third kappa shape index (κ3) is 12.0. The van der Waals surface area contributed by atoms with Gasteiger partial charge in [-0.05, 0) is 35.4 Å². The molecule has 0 saturated heterocycles. The van der Waals surface area contributed by atoms with Gasteiger partial charge >= 0.3 is 0 Å². The SMILES string of the molecule is CCCCCCCOc1ccc(CNCc2ccc(C(C)(C)C)cc2)c(OCCCCCCC)c1. The minimum atomic E-state index is 0.189. The first-order valence-corrected chi connectivity index (χ1v) is 14.1. The molecule has 3 heteroatoms. The van der Waals surface area contributed by atoms with Crippen LogP contribution in [-0.4, -0.2) is 13.2 Å². The molecule has 0 radical (unpaired) electrons. The maximum atomic E-state index is 6.25. The molecule has 1 N–H and O–H groups in total. The fourth-order valence-electron chi connectivity index (χ4n) is 4.15. The first-order chi connectivity index (χ1) is 16.9. The highest BCUT2D eigenvalue weighted by Gasteiger charge is 2.13. The van der Waals surface area contributed by atoms with Crippen molar-refractivity contribution in [3.8, 4) is 11.5 Å². The van der Waals surface area contributed by atoms with Crippen LogP contribution in [0.5, 0.6) is 11.5 Å². The van der Waals surface area contributed by atoms with Gasteiger partial charge in [-0.25, -0.2) is 0 Å². The van der Waals surface area contributed by atoms with Crippen molar-refractivity contribution in [1.82, 2.24) is 5.32 Å². The lowest BCUT2D eigenvalue weighted by Gasteiger charge is -2.19. The second-order valence-electron chi connectivity index (χ2n) is 10.8. The largest absolute Gasteiger partial charge is 0.493 e. The zero-order valence-corrected chi connectivity index (χ0v) is 23.3. The molecule has 0 bridgehead atoms. The second-order valence-corrected chi connectivity index (χ2v) is 10.8. The highest BCUT2D eigenvalue weighted by atomic mass is 16.5. The summed E-state index contributed by atoms with van der Waals surface area (Å²) in [5.74, 6) is 1.88. The van der Waals surface area contributed by atoms with E-state index in [1.807, 2.05) is 0 Å². The van der Waals surface area contributed by atoms with E-state index in [0.717, 1.165) is 50.6 Å². The number of hydrogen-bond acceptors (Lipinski definition) is 3. The van der Waals surface area contributed by atoms with E-state index in [-0.39, 0.29) is 5.41 Å². The number of benzene rings is 2. The Labute approximate surface area is 216 Å². The van der Waals surface area contributed by atoms with Crippen LogP contribution in [0.1, 0.15) is 116 Å². The second kappa shape index (κ2) is 16.6. The third-order valence-corrected chi connectivity index (χ3v) is 6.53. The molecule has 0 aromatic heterocycles. The van der Waals surface area contributed by atoms with Crippen molar-refractivity contribution in [3.05, 3.63) is 59.2 Å². The monoisotopic (exact) mass is 481 g/mol. The van der Waals surface area contributed by atoms with Gasteiger partial charge in [-0.2, -0.15) is 0 Å². The van der Waals surface area contributed by atoms with Crippen LogP contribution < -0.4 is 14.8 Å². The Morgan fingerprint density at radius 3 is 1.86 bits per heavy atom. The smallest absolute Gasteiger partial charge is 0.127 e. The van der Waals surface area contributed by atoms with Crippen molar-refractivity contribution >= 4 is 0 Å². The summed E-state index contributed by atoms with van der Waals surface area (Å²) in [6, 6.07) is 15.3. The van der Waals surface area contributed by atoms with Crippen LogP contribution in [0.2, 0.25) is 0 Å². The van der Waals surface area contributed by atoms with Gasteiger partial charge in [-0.1, -0.05) is 116 Å². The Kier molecular flexibility index (Phi) is 13.9. The lowest BCUT2D eigenvalue weighted by molar-refractivity contribution is 0.287. The van der Waals surface area contributed by atoms with Gasteiger partial charge in [0.05, 0.1) is 13.2 Å². The molecule has 0 aliphatic carbocycles. The zero-order valence-electron chi connectivity index (χ0n) is 23.3. The lowest BCUT2D eigenvalue weighted by atomic mass is 9.87. The molecular formula is C32H51NO2. The van der Waals surface area contributed by atoms with Gasteiger partial charge in [0.15, 0.2) is 0 Å². The van der Waals surface area contributed by atoms with E-state index in [9.17, 15) is 0 Å². The van der Waals surface area contributed by atoms with E-state index in [4.69, 9.17) is 9.47 Å². The predicted molar refractivity (Wildman–Crippen MR) is 151 cm³/mol. The van der Waals surface area contributed by atoms with Crippen molar-refractivity contribution in [2.45, 2.75) is 117 Å². The lowest BCUT2D eigenvalue weighted by Crippen LogP contribution is -2.15. The van der Waals surface area contributed by atoms with Gasteiger partial charge in [0, 0.05) is 24.7 Å². The molecule has 0 fully saturated rings. The Balaban J connectivity index is 1.90. The van der Waals surface area contributed by atoms with Crippen LogP contribution >= 0.6 is 0 Å². The Hall–Kier alpha value is -2.00. The molecule has 0 spiro atoms. The zero-order chi connectivity index (χ0) is 25.4. The maximum Gasteiger partial charge on any atom is 0.127 e. The first-order valence-electron chi connectivity index (χ1n) is 14.1. The molecule has 0 aliphatic heterocycles. The van der Waals surface area contributed by atoms with E-state index in [1.54, 1.807) is 0 Å². The van der Waals surface area contributed by atoms with Crippen LogP contribution in [0, 0.1) is 0 Å². The summed E-state index contributed by atoms with van der Waals surface area (Å²) >= 11 is 0. The average molecular weight is 482 g/mol. The molecule has 3 nitrogen and oxygen atoms in total. The minimum Gasteiger partial charge on any atom is -0.493 e. The molecule has 0 saturated carbocycles. The highest BCUT2D eigenvalue weighted by molar-refractivity contribution is 5.41. The maximum absolute atomic E-state index is 6.25. The number of unbranched alkanes of at least 4 members (excludes halogenated alkanes) is 8. The van der Waals surface area contributed by atoms with Gasteiger partial charge in [0.25, 0.3) is 0 Å². The molecule has 0 aliphatic rings. The van der Waals surface area contributed by atoms with E-state index < -0.39 is 0 Å². The number of ether oxygens (including phenoxy) is 2. The van der Waals surface area contributed by atoms with Gasteiger partial charge < -0.3 is 14.8 Å². The molecule has 196 valence electrons. The molecule has 0 atom stereocenters. The van der Waals surface area contributed by atoms with Gasteiger partial charge in [0.2, 0.25) is 0 Å². The van der Waals surface area contributed by atoms with Crippen molar-refractivity contribution in [1.29, 1.82) is 0 Å². The molecule has 2 aromatic rings. The molecule has 35 heavy (non-hydrogen) atoms. The normalized spacial score (nSPS) is 11.6. The van der Waals surface area contributed by atoms with Crippen molar-refractivity contribution in [2.24, 2.45) is 0 Å². The van der Waals surface area contributed by atoms with Gasteiger partial charge in [-0.15, -0.1) is 0 Å². The summed E-state index contributed by atoms with van der Waals surface area (Å²) in [4.78, 5) is 0. The molecule has 0 amide bonds. The molecule has 0 unspecified atom stereocenters. The van der Waals surface area contributed by atoms with Crippen molar-refractivity contribution < 1.29 is 9.47 Å². The van der Waals surface area contributed by atoms with Crippen molar-refractivity contribution in [3.63, 3.8) is 0 Å². The van der Waals surface area contributed by atoms with Crippen LogP contribution in [0.25, 0.3) is 0 Å². The van der Waals surface area contributed by atoms with Crippen LogP contribution in [0.15, 0.2) is 42.5 Å². The summed E-state index contributed by atoms with van der Waals surface area (Å²) in [5.41, 5.74) is 4.06. The summed E-state index contributed by atoms with van der Waals surface area (Å²) in [7, 11) is 0. The molecule has 2 rings (SSSR count). The highest BCUT2D eigenvalue weighted by Crippen LogP contribution is 2.26. The van der Waals surface area contributed by atoms with Crippen molar-refractivity contribution in [2.75, 3.05) is 13.2 Å². The van der Waals surface area contributed by atoms with Gasteiger partial charge in [0.1, 0.15) is 11.5 Å². The fourth-order valence-corrected chi connectivity index (χ4v) is 4.15. The van der Waals surface area contributed by atoms with E-state index >= 15 is 0 Å². The Morgan fingerprint density at radius 1 is 0.657 bits per heavy atom. The molecule has 0 heterocycles. The Bertz CT molecular complexity index is 807. The quantitative estimate of drug-likeness (QED) is 0.215. The average Bonchev–Trinajstić information content (AvgIpc) is 2.84. The fraction of sp³-hybridized carbons (Fsp3) is 0.625. The molecular weight excluding hydrogens is 430 g/mol. The minimum absolute atomic E-state index is 0.189. The summed E-state index contributed by atoms with van der Waals surface area (Å²) in [6.07, 6.45) is 12.5. The first kappa shape index (κ1) is 29.2. The third-order valence-electron chi connectivity index (χ3n) is 6.53.